The molecular weight excluding hydrogens is 244 g/mol. The van der Waals surface area contributed by atoms with Crippen molar-refractivity contribution < 1.29 is 0 Å². The molecule has 0 aromatic rings. The molecule has 0 spiro atoms. The third-order valence-electron chi connectivity index (χ3n) is 3.99. The van der Waals surface area contributed by atoms with E-state index in [4.69, 9.17) is 11.0 Å². The number of hydrogen-bond donors (Lipinski definition) is 1. The second-order valence-corrected chi connectivity index (χ2v) is 6.00. The Morgan fingerprint density at radius 3 is 1.10 bits per heavy atom. The smallest absolute Gasteiger partial charge is 0.0621 e. The Bertz CT molecular complexity index is 208. The van der Waals surface area contributed by atoms with Crippen molar-refractivity contribution in [3.8, 4) is 6.07 Å². The molecule has 0 aromatic carbocycles. The quantitative estimate of drug-likeness (QED) is 0.368. The average Bonchev–Trinajstić information content (AvgIpc) is 2.47. The summed E-state index contributed by atoms with van der Waals surface area (Å²) in [7, 11) is 0. The molecule has 0 bridgehead atoms. The summed E-state index contributed by atoms with van der Waals surface area (Å²) in [6, 6.07) is 2.21. The van der Waals surface area contributed by atoms with E-state index in [1.54, 1.807) is 0 Å². The van der Waals surface area contributed by atoms with Crippen molar-refractivity contribution in [1.82, 2.24) is 0 Å². The third-order valence-corrected chi connectivity index (χ3v) is 3.99. The molecule has 0 aliphatic rings. The second kappa shape index (κ2) is 18.4. The first-order valence-corrected chi connectivity index (χ1v) is 8.99. The Kier molecular flexibility index (Phi) is 17.9. The SMILES string of the molecule is N#CCCCCCCCCCCCCCCCCCN. The van der Waals surface area contributed by atoms with Crippen LogP contribution < -0.4 is 5.73 Å². The van der Waals surface area contributed by atoms with Crippen molar-refractivity contribution in [2.75, 3.05) is 6.54 Å². The van der Waals surface area contributed by atoms with Gasteiger partial charge in [-0.3, -0.25) is 0 Å². The van der Waals surface area contributed by atoms with Gasteiger partial charge in [-0.25, -0.2) is 0 Å². The van der Waals surface area contributed by atoms with Crippen molar-refractivity contribution in [2.24, 2.45) is 5.73 Å². The molecule has 0 aromatic heterocycles. The van der Waals surface area contributed by atoms with Crippen LogP contribution in [0.15, 0.2) is 0 Å². The first-order chi connectivity index (χ1) is 9.91. The summed E-state index contributed by atoms with van der Waals surface area (Å²) < 4.78 is 0. The van der Waals surface area contributed by atoms with Gasteiger partial charge in [-0.2, -0.15) is 5.26 Å². The fourth-order valence-corrected chi connectivity index (χ4v) is 2.65. The van der Waals surface area contributed by atoms with Crippen LogP contribution in [0.25, 0.3) is 0 Å². The topological polar surface area (TPSA) is 49.8 Å². The molecule has 0 aliphatic carbocycles. The third kappa shape index (κ3) is 17.4. The maximum absolute atomic E-state index is 8.43. The van der Waals surface area contributed by atoms with Gasteiger partial charge in [0.15, 0.2) is 0 Å². The Morgan fingerprint density at radius 1 is 0.500 bits per heavy atom. The Morgan fingerprint density at radius 2 is 0.800 bits per heavy atom. The molecule has 20 heavy (non-hydrogen) atoms. The second-order valence-electron chi connectivity index (χ2n) is 6.00. The highest BCUT2D eigenvalue weighted by Crippen LogP contribution is 2.13. The highest BCUT2D eigenvalue weighted by atomic mass is 14.5. The molecule has 0 unspecified atom stereocenters. The molecule has 0 radical (unpaired) electrons. The molecule has 0 heterocycles. The van der Waals surface area contributed by atoms with Crippen LogP contribution in [0.3, 0.4) is 0 Å². The first kappa shape index (κ1) is 19.4. The Labute approximate surface area is 127 Å². The lowest BCUT2D eigenvalue weighted by Crippen LogP contribution is -1.97. The van der Waals surface area contributed by atoms with Gasteiger partial charge in [-0.1, -0.05) is 83.5 Å². The summed E-state index contributed by atoms with van der Waals surface area (Å²) in [6.45, 7) is 0.859. The summed E-state index contributed by atoms with van der Waals surface area (Å²) in [5, 5.41) is 8.43. The van der Waals surface area contributed by atoms with E-state index in [2.05, 4.69) is 6.07 Å². The van der Waals surface area contributed by atoms with Gasteiger partial charge < -0.3 is 5.73 Å². The minimum Gasteiger partial charge on any atom is -0.330 e. The molecule has 0 amide bonds. The Hall–Kier alpha value is -0.550. The lowest BCUT2D eigenvalue weighted by atomic mass is 10.0. The predicted octanol–water partition coefficient (Wildman–Crippen LogP) is 5.71. The largest absolute Gasteiger partial charge is 0.330 e. The number of nitrogens with zero attached hydrogens (tertiary/aromatic N) is 1. The van der Waals surface area contributed by atoms with E-state index in [1.807, 2.05) is 0 Å². The van der Waals surface area contributed by atoms with Crippen LogP contribution in [0, 0.1) is 11.3 Å². The number of unbranched alkanes of at least 4 members (excludes halogenated alkanes) is 15. The van der Waals surface area contributed by atoms with Crippen molar-refractivity contribution in [3.05, 3.63) is 0 Å². The first-order valence-electron chi connectivity index (χ1n) is 8.99. The monoisotopic (exact) mass is 280 g/mol. The van der Waals surface area contributed by atoms with Gasteiger partial charge in [0.2, 0.25) is 0 Å². The lowest BCUT2D eigenvalue weighted by molar-refractivity contribution is 0.531. The summed E-state index contributed by atoms with van der Waals surface area (Å²) in [5.41, 5.74) is 5.48. The number of rotatable bonds is 16. The molecule has 0 saturated heterocycles. The van der Waals surface area contributed by atoms with E-state index in [0.29, 0.717) is 0 Å². The zero-order valence-corrected chi connectivity index (χ0v) is 13.5. The lowest BCUT2D eigenvalue weighted by Gasteiger charge is -2.03. The molecule has 2 N–H and O–H groups in total. The number of nitrogens with two attached hydrogens (primary N) is 1. The van der Waals surface area contributed by atoms with Crippen molar-refractivity contribution in [3.63, 3.8) is 0 Å². The molecule has 0 aliphatic heterocycles. The number of hydrogen-bond acceptors (Lipinski definition) is 2. The van der Waals surface area contributed by atoms with Crippen LogP contribution in [-0.4, -0.2) is 6.54 Å². The summed E-state index contributed by atoms with van der Waals surface area (Å²) in [6.07, 6.45) is 21.0. The summed E-state index contributed by atoms with van der Waals surface area (Å²) >= 11 is 0. The molecule has 0 saturated carbocycles. The van der Waals surface area contributed by atoms with E-state index in [9.17, 15) is 0 Å². The molecule has 2 nitrogen and oxygen atoms in total. The zero-order valence-electron chi connectivity index (χ0n) is 13.5. The van der Waals surface area contributed by atoms with E-state index in [0.717, 1.165) is 19.4 Å². The molecule has 118 valence electrons. The van der Waals surface area contributed by atoms with E-state index in [1.165, 1.54) is 89.9 Å². The van der Waals surface area contributed by atoms with Crippen LogP contribution in [0.5, 0.6) is 0 Å². The minimum absolute atomic E-state index is 0.742. The Balaban J connectivity index is 2.91. The average molecular weight is 280 g/mol. The van der Waals surface area contributed by atoms with Gasteiger partial charge >= 0.3 is 0 Å². The number of nitriles is 1. The highest BCUT2D eigenvalue weighted by molar-refractivity contribution is 4.67. The highest BCUT2D eigenvalue weighted by Gasteiger charge is 1.94. The van der Waals surface area contributed by atoms with Crippen LogP contribution in [0.2, 0.25) is 0 Å². The van der Waals surface area contributed by atoms with Crippen molar-refractivity contribution >= 4 is 0 Å². The van der Waals surface area contributed by atoms with Crippen LogP contribution in [-0.2, 0) is 0 Å². The van der Waals surface area contributed by atoms with Crippen LogP contribution >= 0.6 is 0 Å². The van der Waals surface area contributed by atoms with Crippen molar-refractivity contribution in [1.29, 1.82) is 5.26 Å². The molecule has 0 fully saturated rings. The normalized spacial score (nSPS) is 10.6. The maximum Gasteiger partial charge on any atom is 0.0621 e. The van der Waals surface area contributed by atoms with E-state index >= 15 is 0 Å². The molecule has 0 atom stereocenters. The molecular formula is C18H36N2. The predicted molar refractivity (Wildman–Crippen MR) is 88.5 cm³/mol. The van der Waals surface area contributed by atoms with E-state index in [-0.39, 0.29) is 0 Å². The molecule has 2 heteroatoms. The van der Waals surface area contributed by atoms with Gasteiger partial charge in [-0.05, 0) is 19.4 Å². The standard InChI is InChI=1S/C18H36N2/c19-17-15-13-11-9-7-5-3-1-2-4-6-8-10-12-14-16-18-20/h1-17,19H2. The van der Waals surface area contributed by atoms with Gasteiger partial charge in [-0.15, -0.1) is 0 Å². The minimum atomic E-state index is 0.742. The van der Waals surface area contributed by atoms with Gasteiger partial charge in [0.05, 0.1) is 6.07 Å². The fourth-order valence-electron chi connectivity index (χ4n) is 2.65. The summed E-state index contributed by atoms with van der Waals surface area (Å²) in [5.74, 6) is 0. The van der Waals surface area contributed by atoms with Gasteiger partial charge in [0, 0.05) is 6.42 Å². The molecule has 0 rings (SSSR count). The fraction of sp³-hybridized carbons (Fsp3) is 0.944. The van der Waals surface area contributed by atoms with Crippen molar-refractivity contribution in [2.45, 2.75) is 103 Å². The van der Waals surface area contributed by atoms with Gasteiger partial charge in [0.1, 0.15) is 0 Å². The zero-order chi connectivity index (χ0) is 14.7. The van der Waals surface area contributed by atoms with Crippen LogP contribution in [0.1, 0.15) is 103 Å². The van der Waals surface area contributed by atoms with Crippen LogP contribution in [0.4, 0.5) is 0 Å². The van der Waals surface area contributed by atoms with E-state index < -0.39 is 0 Å². The summed E-state index contributed by atoms with van der Waals surface area (Å²) in [4.78, 5) is 0. The maximum atomic E-state index is 8.43. The van der Waals surface area contributed by atoms with Gasteiger partial charge in [0.25, 0.3) is 0 Å².